The molecule has 1 spiro atoms. The van der Waals surface area contributed by atoms with Gasteiger partial charge in [0.25, 0.3) is 5.78 Å². The van der Waals surface area contributed by atoms with Crippen LogP contribution in [0.3, 0.4) is 0 Å². The Morgan fingerprint density at radius 1 is 0.981 bits per heavy atom. The van der Waals surface area contributed by atoms with Crippen molar-refractivity contribution < 1.29 is 32.2 Å². The Balaban J connectivity index is 1.37. The van der Waals surface area contributed by atoms with Crippen molar-refractivity contribution in [2.24, 2.45) is 28.6 Å². The van der Waals surface area contributed by atoms with Crippen molar-refractivity contribution in [2.45, 2.75) is 108 Å². The second kappa shape index (κ2) is 11.8. The molecule has 8 atom stereocenters. The molecule has 2 bridgehead atoms. The molecule has 0 aromatic heterocycles. The first-order valence-electron chi connectivity index (χ1n) is 19.0. The fraction of sp³-hybridized carbons (Fsp3) is 0.575. The maximum atomic E-state index is 15.4. The zero-order chi connectivity index (χ0) is 37.2. The molecule has 1 aliphatic heterocycles. The lowest BCUT2D eigenvalue weighted by Gasteiger charge is -2.45. The van der Waals surface area contributed by atoms with Gasteiger partial charge in [-0.05, 0) is 83.8 Å². The lowest BCUT2D eigenvalue weighted by Crippen LogP contribution is -2.63. The molecule has 52 heavy (non-hydrogen) atoms. The number of hydrogen-bond donors (Lipinski definition) is 0. The molecule has 1 saturated heterocycles. The number of benzene rings is 2. The topological polar surface area (TPSA) is 141 Å². The minimum absolute atomic E-state index is 0.0934. The number of carbonyl (C=O) groups excluding carboxylic acids is 3. The molecule has 6 aliphatic rings. The van der Waals surface area contributed by atoms with Gasteiger partial charge in [0, 0.05) is 15.9 Å². The Morgan fingerprint density at radius 3 is 2.27 bits per heavy atom. The van der Waals surface area contributed by atoms with Crippen LogP contribution in [0.5, 0.6) is 0 Å². The van der Waals surface area contributed by atoms with E-state index in [1.165, 1.54) is 4.31 Å². The molecule has 0 radical (unpaired) electrons. The molecule has 3 saturated carbocycles. The second-order valence-corrected chi connectivity index (χ2v) is 23.4. The summed E-state index contributed by atoms with van der Waals surface area (Å²) >= 11 is 0. The third kappa shape index (κ3) is 4.37. The van der Waals surface area contributed by atoms with Crippen LogP contribution >= 0.6 is 0 Å². The van der Waals surface area contributed by atoms with E-state index in [0.717, 1.165) is 42.1 Å². The average molecular weight is 745 g/mol. The van der Waals surface area contributed by atoms with Crippen LogP contribution < -0.4 is 0 Å². The monoisotopic (exact) mass is 744 g/mol. The molecule has 0 N–H and O–H groups in total. The van der Waals surface area contributed by atoms with Gasteiger partial charge in [-0.2, -0.15) is 0 Å². The van der Waals surface area contributed by atoms with Gasteiger partial charge in [-0.1, -0.05) is 89.2 Å². The van der Waals surface area contributed by atoms with E-state index in [9.17, 15) is 28.1 Å². The van der Waals surface area contributed by atoms with Crippen molar-refractivity contribution in [1.82, 2.24) is 4.31 Å². The highest BCUT2D eigenvalue weighted by atomic mass is 32.2. The summed E-state index contributed by atoms with van der Waals surface area (Å²) in [7, 11) is -6.60. The van der Waals surface area contributed by atoms with Crippen LogP contribution in [0.15, 0.2) is 60.2 Å². The van der Waals surface area contributed by atoms with Crippen molar-refractivity contribution >= 4 is 41.4 Å². The molecule has 5 aliphatic carbocycles. The first kappa shape index (κ1) is 35.5. The van der Waals surface area contributed by atoms with Crippen LogP contribution in [0.25, 0.3) is 5.57 Å². The van der Waals surface area contributed by atoms with Gasteiger partial charge in [0.15, 0.2) is 8.32 Å². The van der Waals surface area contributed by atoms with Gasteiger partial charge in [0.2, 0.25) is 21.7 Å². The second-order valence-electron chi connectivity index (χ2n) is 16.8. The van der Waals surface area contributed by atoms with Gasteiger partial charge in [-0.15, -0.1) is 0 Å². The molecule has 2 aromatic rings. The van der Waals surface area contributed by atoms with Crippen LogP contribution in [0.1, 0.15) is 94.1 Å². The number of hydrogen-bond acceptors (Lipinski definition) is 8. The van der Waals surface area contributed by atoms with E-state index in [2.05, 4.69) is 34.6 Å². The Kier molecular flexibility index (Phi) is 8.04. The number of amides is 1. The summed E-state index contributed by atoms with van der Waals surface area (Å²) in [4.78, 5) is 57.0. The summed E-state index contributed by atoms with van der Waals surface area (Å²) in [6.07, 6.45) is 1.21. The highest BCUT2D eigenvalue weighted by Crippen LogP contribution is 2.70. The van der Waals surface area contributed by atoms with E-state index in [0.29, 0.717) is 23.5 Å². The molecule has 2 aromatic carbocycles. The molecule has 10 nitrogen and oxygen atoms in total. The third-order valence-corrected chi connectivity index (χ3v) is 21.7. The summed E-state index contributed by atoms with van der Waals surface area (Å²) in [5.74, 6) is -5.58. The minimum atomic E-state index is -4.03. The smallest absolute Gasteiger partial charge is 0.300 e. The van der Waals surface area contributed by atoms with Crippen LogP contribution in [-0.2, 0) is 24.0 Å². The average Bonchev–Trinajstić information content (AvgIpc) is 3.77. The summed E-state index contributed by atoms with van der Waals surface area (Å²) < 4.78 is 37.0. The number of Topliss-reactive ketones (excluding diaryl/α,β-unsaturated/α-hetero) is 2. The van der Waals surface area contributed by atoms with Gasteiger partial charge < -0.3 is 4.43 Å². The lowest BCUT2D eigenvalue weighted by atomic mass is 9.56. The number of sulfonamides is 1. The summed E-state index contributed by atoms with van der Waals surface area (Å²) in [5, 5.41) is 13.8. The fourth-order valence-electron chi connectivity index (χ4n) is 12.1. The lowest BCUT2D eigenvalue weighted by molar-refractivity contribution is -0.565. The normalized spacial score (nSPS) is 35.3. The molecule has 1 heterocycles. The van der Waals surface area contributed by atoms with E-state index in [4.69, 9.17) is 4.43 Å². The SMILES string of the molecule is CC[Si](CC)(CC)O[C@H]1C2=C(c3ccccc3)C[C@@H]3c4ccccc4C(=O)C(=O)[C@]3([N+](=O)[O-])[C@@H]2C[C@H]1C(=O)N1[C@@H]2C[C@H]3CC[C@]2(CS1(=O)=O)C3(C)C. The first-order valence-corrected chi connectivity index (χ1v) is 23.1. The van der Waals surface area contributed by atoms with Crippen LogP contribution in [0, 0.1) is 38.7 Å². The zero-order valence-electron chi connectivity index (χ0n) is 30.6. The van der Waals surface area contributed by atoms with Crippen molar-refractivity contribution in [2.75, 3.05) is 5.75 Å². The fourth-order valence-corrected chi connectivity index (χ4v) is 17.5. The molecule has 4 fully saturated rings. The minimum Gasteiger partial charge on any atom is -0.409 e. The Morgan fingerprint density at radius 2 is 1.63 bits per heavy atom. The van der Waals surface area contributed by atoms with E-state index >= 15 is 4.79 Å². The van der Waals surface area contributed by atoms with Gasteiger partial charge in [0.1, 0.15) is 0 Å². The van der Waals surface area contributed by atoms with Crippen molar-refractivity contribution in [3.63, 3.8) is 0 Å². The van der Waals surface area contributed by atoms with Gasteiger partial charge in [-0.3, -0.25) is 24.5 Å². The van der Waals surface area contributed by atoms with Gasteiger partial charge >= 0.3 is 5.54 Å². The number of nitro groups is 1. The van der Waals surface area contributed by atoms with Crippen molar-refractivity contribution in [3.05, 3.63) is 87.0 Å². The maximum Gasteiger partial charge on any atom is 0.300 e. The summed E-state index contributed by atoms with van der Waals surface area (Å²) in [5.41, 5.74) is -0.459. The molecule has 276 valence electrons. The highest BCUT2D eigenvalue weighted by Gasteiger charge is 2.76. The number of rotatable bonds is 8. The molecule has 12 heteroatoms. The maximum absolute atomic E-state index is 15.4. The number of nitrogens with zero attached hydrogens (tertiary/aromatic N) is 2. The summed E-state index contributed by atoms with van der Waals surface area (Å²) in [6, 6.07) is 17.9. The standard InChI is InChI=1S/C40H48N2O8SSi/c1-6-52(7-2,8-3)50-35-29(37(45)41-32-20-25-18-19-39(32,38(25,4)5)23-51(41,48)49)22-31-33(35)28(24-14-10-9-11-15-24)21-30-26-16-12-13-17-27(26)34(43)36(44)40(30,31)42(46)47/h9-17,25,29-32,35H,6-8,18-23H2,1-5H3/t25-,29-,30-,31-,32-,35-,39-,40-/m1/s1. The van der Waals surface area contributed by atoms with Gasteiger partial charge in [-0.25, -0.2) is 12.7 Å². The predicted molar refractivity (Wildman–Crippen MR) is 198 cm³/mol. The van der Waals surface area contributed by atoms with Crippen LogP contribution in [-0.4, -0.2) is 66.9 Å². The Labute approximate surface area is 306 Å². The third-order valence-electron chi connectivity index (χ3n) is 15.2. The van der Waals surface area contributed by atoms with Crippen molar-refractivity contribution in [3.8, 4) is 0 Å². The molecule has 1 amide bonds. The van der Waals surface area contributed by atoms with Crippen LogP contribution in [0.2, 0.25) is 18.1 Å². The van der Waals surface area contributed by atoms with Gasteiger partial charge in [0.05, 0.1) is 35.7 Å². The van der Waals surface area contributed by atoms with E-state index in [1.54, 1.807) is 24.3 Å². The molecular formula is C40H48N2O8SSi. The van der Waals surface area contributed by atoms with E-state index in [1.807, 2.05) is 30.3 Å². The van der Waals surface area contributed by atoms with E-state index in [-0.39, 0.29) is 29.6 Å². The molecule has 0 unspecified atom stereocenters. The number of fused-ring (bicyclic) bond motifs is 6. The van der Waals surface area contributed by atoms with E-state index < -0.39 is 81.6 Å². The van der Waals surface area contributed by atoms with Crippen LogP contribution in [0.4, 0.5) is 0 Å². The number of allylic oxidation sites excluding steroid dienone is 1. The summed E-state index contributed by atoms with van der Waals surface area (Å²) in [6.45, 7) is 10.5. The quantitative estimate of drug-likeness (QED) is 0.124. The number of carbonyl (C=O) groups is 3. The molecular weight excluding hydrogens is 697 g/mol. The number of ketones is 2. The highest BCUT2D eigenvalue weighted by molar-refractivity contribution is 7.90. The predicted octanol–water partition coefficient (Wildman–Crippen LogP) is 6.80. The zero-order valence-corrected chi connectivity index (χ0v) is 32.4. The Hall–Kier alpha value is -3.48. The largest absolute Gasteiger partial charge is 0.409 e. The Bertz CT molecular complexity index is 2040. The first-order chi connectivity index (χ1) is 24.7. The van der Waals surface area contributed by atoms with Crippen molar-refractivity contribution in [1.29, 1.82) is 0 Å². The molecule has 8 rings (SSSR count).